The Morgan fingerprint density at radius 3 is 2.35 bits per heavy atom. The molecule has 0 saturated carbocycles. The van der Waals surface area contributed by atoms with Crippen molar-refractivity contribution in [2.75, 3.05) is 60.0 Å². The molecule has 0 aromatic heterocycles. The van der Waals surface area contributed by atoms with Crippen molar-refractivity contribution in [3.63, 3.8) is 0 Å². The maximum atomic E-state index is 5.34. The number of benzene rings is 1. The summed E-state index contributed by atoms with van der Waals surface area (Å²) in [5.41, 5.74) is 1.34. The molecule has 0 amide bonds. The van der Waals surface area contributed by atoms with Crippen LogP contribution in [-0.2, 0) is 0 Å². The Bertz CT molecular complexity index is 640. The molecule has 7 heteroatoms. The highest BCUT2D eigenvalue weighted by Gasteiger charge is 2.24. The van der Waals surface area contributed by atoms with Gasteiger partial charge in [0.1, 0.15) is 5.75 Å². The van der Waals surface area contributed by atoms with Crippen molar-refractivity contribution >= 4 is 29.9 Å². The van der Waals surface area contributed by atoms with Gasteiger partial charge in [-0.25, -0.2) is 0 Å². The van der Waals surface area contributed by atoms with Gasteiger partial charge in [0, 0.05) is 20.1 Å². The van der Waals surface area contributed by atoms with E-state index in [0.29, 0.717) is 6.04 Å². The largest absolute Gasteiger partial charge is 0.497 e. The molecular formula is C24H42IN5O. The number of halogens is 1. The van der Waals surface area contributed by atoms with E-state index in [1.54, 1.807) is 7.11 Å². The molecule has 0 radical (unpaired) electrons. The Morgan fingerprint density at radius 1 is 1.10 bits per heavy atom. The molecule has 1 aromatic carbocycles. The quantitative estimate of drug-likeness (QED) is 0.283. The number of aliphatic imine (C=N–C) groups is 1. The molecule has 6 nitrogen and oxygen atoms in total. The lowest BCUT2D eigenvalue weighted by Gasteiger charge is -2.32. The van der Waals surface area contributed by atoms with Crippen molar-refractivity contribution in [2.45, 2.75) is 45.1 Å². The fourth-order valence-electron chi connectivity index (χ4n) is 4.72. The van der Waals surface area contributed by atoms with E-state index in [9.17, 15) is 0 Å². The van der Waals surface area contributed by atoms with Crippen LogP contribution in [0.25, 0.3) is 0 Å². The third-order valence-electron chi connectivity index (χ3n) is 6.57. The normalized spacial score (nSPS) is 19.6. The summed E-state index contributed by atoms with van der Waals surface area (Å²) < 4.78 is 5.34. The Labute approximate surface area is 206 Å². The average Bonchev–Trinajstić information content (AvgIpc) is 3.32. The lowest BCUT2D eigenvalue weighted by atomic mass is 9.97. The van der Waals surface area contributed by atoms with Crippen LogP contribution in [0.1, 0.15) is 50.6 Å². The molecule has 0 spiro atoms. The van der Waals surface area contributed by atoms with Gasteiger partial charge in [-0.2, -0.15) is 0 Å². The standard InChI is InChI=1S/C24H41N5O.HI/c1-4-13-28-16-11-20(12-17-28)18-26-24(25-2)27-19-23(29-14-5-6-15-29)21-7-9-22(30-3)10-8-21;/h7-10,20,23H,4-6,11-19H2,1-3H3,(H2,25,26,27);1H. The Balaban J connectivity index is 0.00000341. The number of ether oxygens (including phenoxy) is 1. The second-order valence-electron chi connectivity index (χ2n) is 8.65. The highest BCUT2D eigenvalue weighted by Crippen LogP contribution is 2.26. The zero-order chi connectivity index (χ0) is 21.2. The minimum Gasteiger partial charge on any atom is -0.497 e. The zero-order valence-electron chi connectivity index (χ0n) is 19.6. The predicted molar refractivity (Wildman–Crippen MR) is 141 cm³/mol. The number of nitrogens with zero attached hydrogens (tertiary/aromatic N) is 3. The smallest absolute Gasteiger partial charge is 0.191 e. The number of piperidine rings is 1. The summed E-state index contributed by atoms with van der Waals surface area (Å²) in [6.07, 6.45) is 6.40. The van der Waals surface area contributed by atoms with E-state index in [1.807, 2.05) is 7.05 Å². The summed E-state index contributed by atoms with van der Waals surface area (Å²) in [7, 11) is 3.59. The van der Waals surface area contributed by atoms with Crippen molar-refractivity contribution in [1.29, 1.82) is 0 Å². The summed E-state index contributed by atoms with van der Waals surface area (Å²) in [4.78, 5) is 9.67. The first-order chi connectivity index (χ1) is 14.7. The van der Waals surface area contributed by atoms with Gasteiger partial charge in [0.2, 0.25) is 0 Å². The number of guanidine groups is 1. The van der Waals surface area contributed by atoms with Gasteiger partial charge < -0.3 is 20.3 Å². The van der Waals surface area contributed by atoms with Crippen molar-refractivity contribution < 1.29 is 4.74 Å². The van der Waals surface area contributed by atoms with Crippen molar-refractivity contribution in [3.05, 3.63) is 29.8 Å². The Hall–Kier alpha value is -1.06. The highest BCUT2D eigenvalue weighted by atomic mass is 127. The summed E-state index contributed by atoms with van der Waals surface area (Å²) in [5, 5.41) is 7.18. The van der Waals surface area contributed by atoms with Crippen LogP contribution in [0.15, 0.2) is 29.3 Å². The third-order valence-corrected chi connectivity index (χ3v) is 6.57. The van der Waals surface area contributed by atoms with Gasteiger partial charge in [0.15, 0.2) is 5.96 Å². The molecular weight excluding hydrogens is 501 g/mol. The number of nitrogens with one attached hydrogen (secondary N) is 2. The fraction of sp³-hybridized carbons (Fsp3) is 0.708. The van der Waals surface area contributed by atoms with Gasteiger partial charge in [-0.3, -0.25) is 9.89 Å². The lowest BCUT2D eigenvalue weighted by Crippen LogP contribution is -2.45. The van der Waals surface area contributed by atoms with Gasteiger partial charge in [-0.1, -0.05) is 19.1 Å². The van der Waals surface area contributed by atoms with Crippen LogP contribution in [-0.4, -0.2) is 75.7 Å². The molecule has 1 atom stereocenters. The van der Waals surface area contributed by atoms with Crippen LogP contribution < -0.4 is 15.4 Å². The van der Waals surface area contributed by atoms with Crippen molar-refractivity contribution in [3.8, 4) is 5.75 Å². The van der Waals surface area contributed by atoms with Crippen LogP contribution in [0.3, 0.4) is 0 Å². The molecule has 0 bridgehead atoms. The number of likely N-dealkylation sites (tertiary alicyclic amines) is 2. The highest BCUT2D eigenvalue weighted by molar-refractivity contribution is 14.0. The molecule has 2 heterocycles. The molecule has 1 aromatic rings. The second-order valence-corrected chi connectivity index (χ2v) is 8.65. The average molecular weight is 544 g/mol. The minimum atomic E-state index is 0. The molecule has 2 saturated heterocycles. The van der Waals surface area contributed by atoms with Crippen LogP contribution in [0, 0.1) is 5.92 Å². The number of hydrogen-bond donors (Lipinski definition) is 2. The number of hydrogen-bond acceptors (Lipinski definition) is 4. The van der Waals surface area contributed by atoms with Gasteiger partial charge >= 0.3 is 0 Å². The fourth-order valence-corrected chi connectivity index (χ4v) is 4.72. The van der Waals surface area contributed by atoms with E-state index in [0.717, 1.165) is 30.7 Å². The predicted octanol–water partition coefficient (Wildman–Crippen LogP) is 3.74. The van der Waals surface area contributed by atoms with E-state index < -0.39 is 0 Å². The molecule has 3 rings (SSSR count). The van der Waals surface area contributed by atoms with Gasteiger partial charge in [0.25, 0.3) is 0 Å². The maximum Gasteiger partial charge on any atom is 0.191 e. The second kappa shape index (κ2) is 14.2. The van der Waals surface area contributed by atoms with Crippen molar-refractivity contribution in [1.82, 2.24) is 20.4 Å². The summed E-state index contributed by atoms with van der Waals surface area (Å²) >= 11 is 0. The first kappa shape index (κ1) is 26.2. The van der Waals surface area contributed by atoms with E-state index in [-0.39, 0.29) is 24.0 Å². The SMILES string of the molecule is CCCN1CCC(CNC(=NC)NCC(c2ccc(OC)cc2)N2CCCC2)CC1.I. The molecule has 2 aliphatic rings. The van der Waals surface area contributed by atoms with Crippen LogP contribution in [0.2, 0.25) is 0 Å². The molecule has 2 N–H and O–H groups in total. The maximum absolute atomic E-state index is 5.34. The summed E-state index contributed by atoms with van der Waals surface area (Å²) in [5.74, 6) is 2.57. The topological polar surface area (TPSA) is 52.1 Å². The third kappa shape index (κ3) is 8.09. The molecule has 0 aliphatic carbocycles. The van der Waals surface area contributed by atoms with E-state index >= 15 is 0 Å². The lowest BCUT2D eigenvalue weighted by molar-refractivity contribution is 0.185. The van der Waals surface area contributed by atoms with Gasteiger partial charge in [-0.05, 0) is 88.4 Å². The van der Waals surface area contributed by atoms with Gasteiger partial charge in [-0.15, -0.1) is 24.0 Å². The minimum absolute atomic E-state index is 0. The molecule has 1 unspecified atom stereocenters. The van der Waals surface area contributed by atoms with Crippen molar-refractivity contribution in [2.24, 2.45) is 10.9 Å². The van der Waals surface area contributed by atoms with E-state index in [2.05, 4.69) is 56.6 Å². The van der Waals surface area contributed by atoms with E-state index in [1.165, 1.54) is 70.4 Å². The van der Waals surface area contributed by atoms with Crippen LogP contribution in [0.5, 0.6) is 5.75 Å². The molecule has 2 fully saturated rings. The summed E-state index contributed by atoms with van der Waals surface area (Å²) in [6.45, 7) is 10.2. The van der Waals surface area contributed by atoms with Gasteiger partial charge in [0.05, 0.1) is 13.2 Å². The Morgan fingerprint density at radius 2 is 1.77 bits per heavy atom. The molecule has 2 aliphatic heterocycles. The molecule has 176 valence electrons. The summed E-state index contributed by atoms with van der Waals surface area (Å²) in [6, 6.07) is 8.88. The monoisotopic (exact) mass is 543 g/mol. The first-order valence-electron chi connectivity index (χ1n) is 11.8. The zero-order valence-corrected chi connectivity index (χ0v) is 21.9. The number of rotatable bonds is 9. The van der Waals surface area contributed by atoms with Crippen LogP contribution in [0.4, 0.5) is 0 Å². The first-order valence-corrected chi connectivity index (χ1v) is 11.8. The molecule has 31 heavy (non-hydrogen) atoms. The Kier molecular flexibility index (Phi) is 12.0. The van der Waals surface area contributed by atoms with Crippen LogP contribution >= 0.6 is 24.0 Å². The number of methoxy groups -OCH3 is 1. The van der Waals surface area contributed by atoms with E-state index in [4.69, 9.17) is 4.74 Å².